The first-order valence-corrected chi connectivity index (χ1v) is 7.05. The van der Waals surface area contributed by atoms with Gasteiger partial charge in [0.05, 0.1) is 12.5 Å². The van der Waals surface area contributed by atoms with Crippen LogP contribution in [0, 0.1) is 23.0 Å². The highest BCUT2D eigenvalue weighted by Crippen LogP contribution is 2.31. The van der Waals surface area contributed by atoms with Crippen molar-refractivity contribution in [1.82, 2.24) is 9.55 Å². The number of esters is 1. The number of nitrogens with zero attached hydrogens (tertiary/aromatic N) is 4. The van der Waals surface area contributed by atoms with Crippen LogP contribution in [0.5, 0.6) is 0 Å². The minimum Gasteiger partial charge on any atom is -0.466 e. The maximum atomic E-state index is 11.7. The van der Waals surface area contributed by atoms with Crippen molar-refractivity contribution in [2.45, 2.75) is 26.7 Å². The molecule has 0 bridgehead atoms. The first-order valence-electron chi connectivity index (χ1n) is 7.05. The van der Waals surface area contributed by atoms with Gasteiger partial charge in [-0.2, -0.15) is 0 Å². The maximum absolute atomic E-state index is 11.7. The van der Waals surface area contributed by atoms with Crippen LogP contribution in [0.4, 0.5) is 11.6 Å². The minimum absolute atomic E-state index is 0.116. The van der Waals surface area contributed by atoms with E-state index in [0.717, 1.165) is 0 Å². The lowest BCUT2D eigenvalue weighted by Gasteiger charge is -2.31. The second-order valence-corrected chi connectivity index (χ2v) is 5.14. The molecular weight excluding hydrogens is 276 g/mol. The van der Waals surface area contributed by atoms with Gasteiger partial charge in [-0.05, 0) is 29.7 Å². The Balaban J connectivity index is 2.12. The van der Waals surface area contributed by atoms with Crippen molar-refractivity contribution in [3.8, 4) is 0 Å². The molecule has 1 aromatic heterocycles. The van der Waals surface area contributed by atoms with Crippen LogP contribution in [0.2, 0.25) is 0 Å². The minimum atomic E-state index is -0.459. The predicted octanol–water partition coefficient (Wildman–Crippen LogP) is 1.42. The summed E-state index contributed by atoms with van der Waals surface area (Å²) >= 11 is 0. The molecule has 0 N–H and O–H groups in total. The zero-order valence-corrected chi connectivity index (χ0v) is 12.5. The third-order valence-electron chi connectivity index (χ3n) is 3.86. The van der Waals surface area contributed by atoms with Crippen LogP contribution in [0.1, 0.15) is 25.6 Å². The first kappa shape index (κ1) is 15.3. The lowest BCUT2D eigenvalue weighted by molar-refractivity contribution is -0.388. The molecule has 1 fully saturated rings. The van der Waals surface area contributed by atoms with Crippen molar-refractivity contribution in [1.29, 1.82) is 0 Å². The van der Waals surface area contributed by atoms with Gasteiger partial charge in [-0.25, -0.2) is 0 Å². The molecule has 0 spiro atoms. The summed E-state index contributed by atoms with van der Waals surface area (Å²) in [6.07, 6.45) is 1.28. The summed E-state index contributed by atoms with van der Waals surface area (Å²) in [7, 11) is 1.77. The first-order chi connectivity index (χ1) is 9.95. The number of aromatic nitrogens is 2. The molecule has 0 radical (unpaired) electrons. The predicted molar refractivity (Wildman–Crippen MR) is 76.2 cm³/mol. The summed E-state index contributed by atoms with van der Waals surface area (Å²) < 4.78 is 6.75. The number of carbonyl (C=O) groups excluding carboxylic acids is 1. The van der Waals surface area contributed by atoms with E-state index in [1.807, 2.05) is 4.90 Å². The van der Waals surface area contributed by atoms with E-state index in [1.165, 1.54) is 0 Å². The van der Waals surface area contributed by atoms with Crippen LogP contribution < -0.4 is 4.90 Å². The van der Waals surface area contributed by atoms with E-state index < -0.39 is 4.92 Å². The Bertz CT molecular complexity index is 547. The highest BCUT2D eigenvalue weighted by atomic mass is 16.6. The zero-order chi connectivity index (χ0) is 15.6. The number of aryl methyl sites for hydroxylation is 1. The van der Waals surface area contributed by atoms with E-state index >= 15 is 0 Å². The Morgan fingerprint density at radius 2 is 2.10 bits per heavy atom. The third kappa shape index (κ3) is 2.98. The topological polar surface area (TPSA) is 90.5 Å². The van der Waals surface area contributed by atoms with E-state index in [2.05, 4.69) is 4.98 Å². The fraction of sp³-hybridized carbons (Fsp3) is 0.692. The van der Waals surface area contributed by atoms with Gasteiger partial charge in [-0.3, -0.25) is 9.36 Å². The average Bonchev–Trinajstić information content (AvgIpc) is 2.76. The molecule has 8 nitrogen and oxygen atoms in total. The monoisotopic (exact) mass is 296 g/mol. The number of ether oxygens (including phenoxy) is 1. The number of piperidine rings is 1. The van der Waals surface area contributed by atoms with Crippen LogP contribution in [-0.2, 0) is 16.6 Å². The zero-order valence-electron chi connectivity index (χ0n) is 12.5. The molecule has 8 heteroatoms. The molecule has 1 aliphatic heterocycles. The fourth-order valence-corrected chi connectivity index (χ4v) is 2.64. The SMILES string of the molecule is CCOC(=O)C1CCN(c2c([N+](=O)[O-])nc(C)n2C)CC1. The van der Waals surface area contributed by atoms with Gasteiger partial charge < -0.3 is 19.8 Å². The smallest absolute Gasteiger partial charge is 0.406 e. The lowest BCUT2D eigenvalue weighted by Crippen LogP contribution is -2.38. The van der Waals surface area contributed by atoms with Crippen molar-refractivity contribution in [2.75, 3.05) is 24.6 Å². The maximum Gasteiger partial charge on any atom is 0.406 e. The van der Waals surface area contributed by atoms with Gasteiger partial charge in [0, 0.05) is 27.1 Å². The summed E-state index contributed by atoms with van der Waals surface area (Å²) in [6.45, 7) is 5.08. The van der Waals surface area contributed by atoms with Crippen molar-refractivity contribution in [2.24, 2.45) is 13.0 Å². The number of hydrogen-bond donors (Lipinski definition) is 0. The summed E-state index contributed by atoms with van der Waals surface area (Å²) in [4.78, 5) is 28.3. The van der Waals surface area contributed by atoms with Crippen molar-refractivity contribution < 1.29 is 14.5 Å². The number of anilines is 1. The van der Waals surface area contributed by atoms with E-state index in [4.69, 9.17) is 4.74 Å². The Morgan fingerprint density at radius 1 is 1.48 bits per heavy atom. The van der Waals surface area contributed by atoms with Crippen molar-refractivity contribution >= 4 is 17.6 Å². The quantitative estimate of drug-likeness (QED) is 0.474. The number of hydrogen-bond acceptors (Lipinski definition) is 6. The Morgan fingerprint density at radius 3 is 2.62 bits per heavy atom. The molecule has 0 saturated carbocycles. The van der Waals surface area contributed by atoms with Crippen LogP contribution >= 0.6 is 0 Å². The van der Waals surface area contributed by atoms with Crippen LogP contribution in [0.25, 0.3) is 0 Å². The lowest BCUT2D eigenvalue weighted by atomic mass is 9.97. The van der Waals surface area contributed by atoms with Crippen LogP contribution in [0.3, 0.4) is 0 Å². The molecule has 0 unspecified atom stereocenters. The Hall–Kier alpha value is -2.12. The molecular formula is C13H20N4O4. The summed E-state index contributed by atoms with van der Waals surface area (Å²) in [5.41, 5.74) is 0. The number of nitro groups is 1. The molecule has 116 valence electrons. The van der Waals surface area contributed by atoms with Gasteiger partial charge in [-0.1, -0.05) is 0 Å². The Labute approximate surface area is 122 Å². The molecule has 21 heavy (non-hydrogen) atoms. The summed E-state index contributed by atoms with van der Waals surface area (Å²) in [5.74, 6) is 0.705. The molecule has 2 rings (SSSR count). The van der Waals surface area contributed by atoms with Crippen LogP contribution in [-0.4, -0.2) is 40.1 Å². The van der Waals surface area contributed by atoms with E-state index in [0.29, 0.717) is 44.2 Å². The third-order valence-corrected chi connectivity index (χ3v) is 3.86. The molecule has 2 heterocycles. The summed E-state index contributed by atoms with van der Waals surface area (Å²) in [6, 6.07) is 0. The highest BCUT2D eigenvalue weighted by Gasteiger charge is 2.33. The number of imidazole rings is 1. The van der Waals surface area contributed by atoms with E-state index in [9.17, 15) is 14.9 Å². The van der Waals surface area contributed by atoms with Gasteiger partial charge in [-0.15, -0.1) is 0 Å². The average molecular weight is 296 g/mol. The standard InChI is InChI=1S/C13H20N4O4/c1-4-21-13(18)10-5-7-16(8-6-10)12-11(17(19)20)14-9(2)15(12)3/h10H,4-8H2,1-3H3. The molecule has 0 atom stereocenters. The molecule has 1 aromatic rings. The molecule has 1 saturated heterocycles. The number of rotatable bonds is 4. The summed E-state index contributed by atoms with van der Waals surface area (Å²) in [5, 5.41) is 11.1. The van der Waals surface area contributed by atoms with Gasteiger partial charge in [0.25, 0.3) is 0 Å². The van der Waals surface area contributed by atoms with Gasteiger partial charge in [0.2, 0.25) is 11.6 Å². The molecule has 1 aliphatic rings. The highest BCUT2D eigenvalue weighted by molar-refractivity contribution is 5.73. The van der Waals surface area contributed by atoms with Gasteiger partial charge in [0.15, 0.2) is 0 Å². The molecule has 0 aliphatic carbocycles. The van der Waals surface area contributed by atoms with Crippen LogP contribution in [0.15, 0.2) is 0 Å². The molecule has 0 aromatic carbocycles. The van der Waals surface area contributed by atoms with E-state index in [1.54, 1.807) is 25.5 Å². The van der Waals surface area contributed by atoms with Gasteiger partial charge in [0.1, 0.15) is 0 Å². The Kier molecular flexibility index (Phi) is 4.44. The van der Waals surface area contributed by atoms with E-state index in [-0.39, 0.29) is 17.7 Å². The van der Waals surface area contributed by atoms with Gasteiger partial charge >= 0.3 is 11.8 Å². The normalized spacial score (nSPS) is 16.0. The largest absolute Gasteiger partial charge is 0.466 e. The fourth-order valence-electron chi connectivity index (χ4n) is 2.64. The van der Waals surface area contributed by atoms with Crippen molar-refractivity contribution in [3.63, 3.8) is 0 Å². The van der Waals surface area contributed by atoms with Crippen molar-refractivity contribution in [3.05, 3.63) is 15.9 Å². The second kappa shape index (κ2) is 6.11. The molecule has 0 amide bonds. The number of carbonyl (C=O) groups is 1. The second-order valence-electron chi connectivity index (χ2n) is 5.14.